The predicted molar refractivity (Wildman–Crippen MR) is 150 cm³/mol. The molecule has 6 rings (SSSR count). The lowest BCUT2D eigenvalue weighted by Crippen LogP contribution is -1.99. The van der Waals surface area contributed by atoms with Crippen molar-refractivity contribution in [1.29, 1.82) is 0 Å². The average molecular weight is 522 g/mol. The predicted octanol–water partition coefficient (Wildman–Crippen LogP) is 7.80. The third-order valence-electron chi connectivity index (χ3n) is 5.91. The molecule has 6 aromatic rings. The van der Waals surface area contributed by atoms with E-state index >= 15 is 0 Å². The molecule has 3 heterocycles. The largest absolute Gasteiger partial charge is 0.497 e. The molecular weight excluding hydrogens is 502 g/mol. The first-order chi connectivity index (χ1) is 18.2. The molecule has 3 aromatic heterocycles. The molecule has 0 saturated heterocycles. The van der Waals surface area contributed by atoms with Crippen LogP contribution in [0.5, 0.6) is 5.75 Å². The molecule has 180 valence electrons. The number of methoxy groups -OCH3 is 1. The highest BCUT2D eigenvalue weighted by Crippen LogP contribution is 2.35. The summed E-state index contributed by atoms with van der Waals surface area (Å²) < 4.78 is 5.33. The number of halogens is 1. The molecule has 0 radical (unpaired) electrons. The normalized spacial score (nSPS) is 11.1. The lowest BCUT2D eigenvalue weighted by molar-refractivity contribution is 0.415. The third kappa shape index (κ3) is 4.79. The lowest BCUT2D eigenvalue weighted by Gasteiger charge is -2.12. The molecule has 0 aliphatic carbocycles. The molecule has 0 unspecified atom stereocenters. The number of benzene rings is 3. The zero-order chi connectivity index (χ0) is 25.2. The molecule has 3 aromatic carbocycles. The van der Waals surface area contributed by atoms with Gasteiger partial charge >= 0.3 is 0 Å². The fourth-order valence-electron chi connectivity index (χ4n) is 4.09. The number of ether oxygens (including phenoxy) is 1. The molecule has 0 bridgehead atoms. The van der Waals surface area contributed by atoms with Crippen molar-refractivity contribution < 1.29 is 4.74 Å². The molecule has 0 aliphatic rings. The summed E-state index contributed by atoms with van der Waals surface area (Å²) in [4.78, 5) is 11.2. The fourth-order valence-corrected chi connectivity index (χ4v) is 5.14. The number of hydrogen-bond donors (Lipinski definition) is 1. The summed E-state index contributed by atoms with van der Waals surface area (Å²) in [5, 5.41) is 16.0. The van der Waals surface area contributed by atoms with Crippen LogP contribution in [0.4, 0.5) is 11.5 Å². The van der Waals surface area contributed by atoms with Crippen LogP contribution in [0.15, 0.2) is 107 Å². The number of pyridine rings is 2. The number of fused-ring (bicyclic) bond motifs is 2. The molecule has 6 nitrogen and oxygen atoms in total. The zero-order valence-electron chi connectivity index (χ0n) is 19.7. The summed E-state index contributed by atoms with van der Waals surface area (Å²) in [5.41, 5.74) is 3.27. The van der Waals surface area contributed by atoms with Crippen molar-refractivity contribution in [2.75, 3.05) is 12.4 Å². The molecule has 8 heteroatoms. The quantitative estimate of drug-likeness (QED) is 0.239. The standard InChI is InChI=1S/C29H20ClN5OS/c1-36-20-9-12-24-26(16-20)31-15-14-27(24)37-21-10-7-19(8-11-21)33-29-23-5-3-2-4-22(23)28(34-35-29)25-13-6-18(30)17-32-25/h2-17H,1H3,(H,33,35). The Morgan fingerprint density at radius 2 is 1.65 bits per heavy atom. The second kappa shape index (κ2) is 10.0. The monoisotopic (exact) mass is 521 g/mol. The maximum Gasteiger partial charge on any atom is 0.161 e. The smallest absolute Gasteiger partial charge is 0.161 e. The molecule has 0 spiro atoms. The number of hydrogen-bond acceptors (Lipinski definition) is 7. The van der Waals surface area contributed by atoms with Crippen molar-refractivity contribution in [3.63, 3.8) is 0 Å². The van der Waals surface area contributed by atoms with E-state index in [1.807, 2.05) is 72.9 Å². The topological polar surface area (TPSA) is 72.8 Å². The summed E-state index contributed by atoms with van der Waals surface area (Å²) in [5.74, 6) is 1.48. The minimum atomic E-state index is 0.582. The lowest BCUT2D eigenvalue weighted by atomic mass is 10.1. The van der Waals surface area contributed by atoms with Crippen LogP contribution in [0.1, 0.15) is 0 Å². The number of nitrogens with zero attached hydrogens (tertiary/aromatic N) is 4. The molecule has 1 N–H and O–H groups in total. The Kier molecular flexibility index (Phi) is 6.30. The van der Waals surface area contributed by atoms with Crippen LogP contribution in [-0.2, 0) is 0 Å². The van der Waals surface area contributed by atoms with Gasteiger partial charge in [-0.25, -0.2) is 0 Å². The van der Waals surface area contributed by atoms with Crippen molar-refractivity contribution >= 4 is 56.5 Å². The van der Waals surface area contributed by atoms with Gasteiger partial charge in [0.25, 0.3) is 0 Å². The summed E-state index contributed by atoms with van der Waals surface area (Å²) >= 11 is 7.70. The Morgan fingerprint density at radius 3 is 2.43 bits per heavy atom. The average Bonchev–Trinajstić information content (AvgIpc) is 2.95. The Morgan fingerprint density at radius 1 is 0.811 bits per heavy atom. The summed E-state index contributed by atoms with van der Waals surface area (Å²) in [6.45, 7) is 0. The zero-order valence-corrected chi connectivity index (χ0v) is 21.3. The Labute approximate surface area is 222 Å². The number of aromatic nitrogens is 4. The van der Waals surface area contributed by atoms with Crippen LogP contribution >= 0.6 is 23.4 Å². The second-order valence-corrected chi connectivity index (χ2v) is 9.80. The van der Waals surface area contributed by atoms with Crippen LogP contribution in [-0.4, -0.2) is 27.3 Å². The molecule has 37 heavy (non-hydrogen) atoms. The first-order valence-corrected chi connectivity index (χ1v) is 12.7. The van der Waals surface area contributed by atoms with E-state index in [2.05, 4.69) is 37.6 Å². The van der Waals surface area contributed by atoms with Gasteiger partial charge in [0.15, 0.2) is 5.82 Å². The van der Waals surface area contributed by atoms with Gasteiger partial charge in [0.2, 0.25) is 0 Å². The highest BCUT2D eigenvalue weighted by Gasteiger charge is 2.12. The van der Waals surface area contributed by atoms with E-state index in [0.717, 1.165) is 48.6 Å². The van der Waals surface area contributed by atoms with Crippen molar-refractivity contribution in [3.05, 3.63) is 102 Å². The maximum absolute atomic E-state index is 6.01. The molecule has 0 fully saturated rings. The molecule has 0 saturated carbocycles. The van der Waals surface area contributed by atoms with Crippen LogP contribution in [0.3, 0.4) is 0 Å². The first kappa shape index (κ1) is 23.2. The summed E-state index contributed by atoms with van der Waals surface area (Å²) in [6.07, 6.45) is 3.44. The van der Waals surface area contributed by atoms with Crippen molar-refractivity contribution in [2.24, 2.45) is 0 Å². The van der Waals surface area contributed by atoms with Gasteiger partial charge in [-0.2, -0.15) is 0 Å². The Balaban J connectivity index is 1.26. The van der Waals surface area contributed by atoms with E-state index in [1.54, 1.807) is 31.1 Å². The fraction of sp³-hybridized carbons (Fsp3) is 0.0345. The van der Waals surface area contributed by atoms with Crippen molar-refractivity contribution in [3.8, 4) is 17.1 Å². The van der Waals surface area contributed by atoms with Crippen LogP contribution < -0.4 is 10.1 Å². The van der Waals surface area contributed by atoms with Gasteiger partial charge in [-0.1, -0.05) is 47.6 Å². The van der Waals surface area contributed by atoms with Gasteiger partial charge in [-0.3, -0.25) is 9.97 Å². The van der Waals surface area contributed by atoms with E-state index in [1.165, 1.54) is 0 Å². The molecular formula is C29H20ClN5OS. The molecule has 0 amide bonds. The van der Waals surface area contributed by atoms with Gasteiger partial charge in [-0.05, 0) is 54.6 Å². The van der Waals surface area contributed by atoms with Crippen molar-refractivity contribution in [2.45, 2.75) is 9.79 Å². The third-order valence-corrected chi connectivity index (χ3v) is 7.22. The number of anilines is 2. The minimum absolute atomic E-state index is 0.582. The first-order valence-electron chi connectivity index (χ1n) is 11.5. The Hall–Kier alpha value is -4.20. The van der Waals surface area contributed by atoms with Gasteiger partial charge in [0, 0.05) is 50.1 Å². The summed E-state index contributed by atoms with van der Waals surface area (Å²) in [6, 6.07) is 27.9. The maximum atomic E-state index is 6.01. The van der Waals surface area contributed by atoms with Crippen molar-refractivity contribution in [1.82, 2.24) is 20.2 Å². The molecule has 0 aliphatic heterocycles. The molecule has 0 atom stereocenters. The number of nitrogens with one attached hydrogen (secondary N) is 1. The number of rotatable bonds is 6. The highest BCUT2D eigenvalue weighted by molar-refractivity contribution is 7.99. The van der Waals surface area contributed by atoms with Gasteiger partial charge < -0.3 is 10.1 Å². The highest BCUT2D eigenvalue weighted by atomic mass is 35.5. The second-order valence-electron chi connectivity index (χ2n) is 8.25. The Bertz CT molecular complexity index is 1730. The van der Waals surface area contributed by atoms with Crippen LogP contribution in [0.25, 0.3) is 33.1 Å². The summed E-state index contributed by atoms with van der Waals surface area (Å²) in [7, 11) is 1.66. The van der Waals surface area contributed by atoms with Gasteiger partial charge in [0.1, 0.15) is 11.4 Å². The van der Waals surface area contributed by atoms with E-state index in [-0.39, 0.29) is 0 Å². The minimum Gasteiger partial charge on any atom is -0.497 e. The van der Waals surface area contributed by atoms with E-state index in [9.17, 15) is 0 Å². The SMILES string of the molecule is COc1ccc2c(Sc3ccc(Nc4nnc(-c5ccc(Cl)cn5)c5ccccc45)cc3)ccnc2c1. The van der Waals surface area contributed by atoms with Gasteiger partial charge in [-0.15, -0.1) is 10.2 Å². The van der Waals surface area contributed by atoms with Gasteiger partial charge in [0.05, 0.1) is 23.3 Å². The van der Waals surface area contributed by atoms with Crippen LogP contribution in [0, 0.1) is 0 Å². The van der Waals surface area contributed by atoms with Crippen LogP contribution in [0.2, 0.25) is 5.02 Å². The van der Waals surface area contributed by atoms with E-state index in [4.69, 9.17) is 16.3 Å². The van der Waals surface area contributed by atoms with E-state index < -0.39 is 0 Å². The van der Waals surface area contributed by atoms with E-state index in [0.29, 0.717) is 16.5 Å².